The number of carbonyl (C=O) groups excluding carboxylic acids is 2. The maximum atomic E-state index is 13.1. The van der Waals surface area contributed by atoms with Crippen molar-refractivity contribution in [2.45, 2.75) is 76.7 Å². The van der Waals surface area contributed by atoms with Gasteiger partial charge in [-0.3, -0.25) is 10.1 Å². The average molecular weight is 607 g/mol. The maximum absolute atomic E-state index is 13.1. The first-order valence-electron chi connectivity index (χ1n) is 15.5. The number of benzene rings is 2. The molecule has 0 aromatic heterocycles. The van der Waals surface area contributed by atoms with Crippen LogP contribution in [0.3, 0.4) is 0 Å². The zero-order valence-corrected chi connectivity index (χ0v) is 26.4. The summed E-state index contributed by atoms with van der Waals surface area (Å²) in [4.78, 5) is 42.4. The van der Waals surface area contributed by atoms with Gasteiger partial charge in [-0.05, 0) is 81.5 Å². The Labute approximate surface area is 260 Å². The summed E-state index contributed by atoms with van der Waals surface area (Å²) in [6.07, 6.45) is 4.48. The molecule has 2 amide bonds. The molecule has 1 aliphatic carbocycles. The van der Waals surface area contributed by atoms with E-state index in [1.165, 1.54) is 17.7 Å². The molecule has 2 aromatic carbocycles. The van der Waals surface area contributed by atoms with E-state index in [-0.39, 0.29) is 30.5 Å². The molecule has 2 aromatic rings. The summed E-state index contributed by atoms with van der Waals surface area (Å²) in [6, 6.07) is 16.7. The van der Waals surface area contributed by atoms with E-state index in [2.05, 4.69) is 35.7 Å². The molecule has 1 aliphatic heterocycles. The first kappa shape index (κ1) is 33.0. The van der Waals surface area contributed by atoms with Crippen molar-refractivity contribution in [2.75, 3.05) is 33.2 Å². The highest BCUT2D eigenvalue weighted by molar-refractivity contribution is 5.68. The highest BCUT2D eigenvalue weighted by atomic mass is 16.6. The summed E-state index contributed by atoms with van der Waals surface area (Å²) < 4.78 is 11.3. The van der Waals surface area contributed by atoms with Gasteiger partial charge in [0.2, 0.25) is 0 Å². The Balaban J connectivity index is 1.34. The largest absolute Gasteiger partial charge is 0.445 e. The number of likely N-dealkylation sites (tertiary alicyclic amines) is 1. The van der Waals surface area contributed by atoms with E-state index in [4.69, 9.17) is 9.47 Å². The predicted octanol–water partition coefficient (Wildman–Crippen LogP) is 6.61. The van der Waals surface area contributed by atoms with Crippen LogP contribution >= 0.6 is 0 Å². The van der Waals surface area contributed by atoms with E-state index < -0.39 is 16.6 Å². The number of nitrogens with zero attached hydrogens (tertiary/aromatic N) is 4. The Morgan fingerprint density at radius 1 is 1.02 bits per heavy atom. The van der Waals surface area contributed by atoms with Gasteiger partial charge in [-0.2, -0.15) is 0 Å². The number of carbonyl (C=O) groups is 2. The van der Waals surface area contributed by atoms with Gasteiger partial charge in [0.05, 0.1) is 4.92 Å². The minimum atomic E-state index is -0.539. The van der Waals surface area contributed by atoms with Crippen LogP contribution in [-0.4, -0.2) is 82.7 Å². The number of amides is 2. The van der Waals surface area contributed by atoms with Crippen LogP contribution in [0.2, 0.25) is 0 Å². The fourth-order valence-electron chi connectivity index (χ4n) is 6.40. The van der Waals surface area contributed by atoms with Crippen molar-refractivity contribution in [3.63, 3.8) is 0 Å². The third-order valence-corrected chi connectivity index (χ3v) is 8.69. The van der Waals surface area contributed by atoms with E-state index in [0.29, 0.717) is 23.9 Å². The predicted molar refractivity (Wildman–Crippen MR) is 169 cm³/mol. The molecule has 1 saturated carbocycles. The number of rotatable bonds is 10. The first-order chi connectivity index (χ1) is 20.9. The van der Waals surface area contributed by atoms with Crippen LogP contribution in [0.15, 0.2) is 67.3 Å². The van der Waals surface area contributed by atoms with E-state index in [1.54, 1.807) is 28.0 Å². The Morgan fingerprint density at radius 2 is 1.68 bits per heavy atom. The molecule has 238 valence electrons. The second-order valence-corrected chi connectivity index (χ2v) is 12.9. The lowest BCUT2D eigenvalue weighted by Gasteiger charge is -2.39. The SMILES string of the molecule is C=CCN(C(=O)OCc1ccc([N+](=O)[O-])cc1)C1CCN(CC2CC(N(C)C(=O)OC(C)(C)C)CC2c2ccccc2)CC1. The molecule has 2 fully saturated rings. The zero-order valence-electron chi connectivity index (χ0n) is 26.4. The van der Waals surface area contributed by atoms with Crippen molar-refractivity contribution in [1.82, 2.24) is 14.7 Å². The Hall–Kier alpha value is -3.92. The highest BCUT2D eigenvalue weighted by Gasteiger charge is 2.40. The molecule has 10 nitrogen and oxygen atoms in total. The first-order valence-corrected chi connectivity index (χ1v) is 15.5. The zero-order chi connectivity index (χ0) is 31.9. The normalized spacial score (nSPS) is 21.0. The van der Waals surface area contributed by atoms with Crippen LogP contribution in [0.4, 0.5) is 15.3 Å². The van der Waals surface area contributed by atoms with Crippen LogP contribution in [-0.2, 0) is 16.1 Å². The fourth-order valence-corrected chi connectivity index (χ4v) is 6.40. The molecule has 0 spiro atoms. The molecular weight excluding hydrogens is 560 g/mol. The molecule has 0 radical (unpaired) electrons. The third-order valence-electron chi connectivity index (χ3n) is 8.69. The van der Waals surface area contributed by atoms with Crippen LogP contribution in [0.1, 0.15) is 63.5 Å². The second-order valence-electron chi connectivity index (χ2n) is 12.9. The van der Waals surface area contributed by atoms with Gasteiger partial charge in [-0.1, -0.05) is 36.4 Å². The van der Waals surface area contributed by atoms with Gasteiger partial charge < -0.3 is 24.2 Å². The monoisotopic (exact) mass is 606 g/mol. The van der Waals surface area contributed by atoms with E-state index in [1.807, 2.05) is 33.9 Å². The molecule has 1 saturated heterocycles. The Bertz CT molecular complexity index is 1270. The van der Waals surface area contributed by atoms with Gasteiger partial charge in [-0.15, -0.1) is 6.58 Å². The highest BCUT2D eigenvalue weighted by Crippen LogP contribution is 2.42. The van der Waals surface area contributed by atoms with Crippen molar-refractivity contribution < 1.29 is 24.0 Å². The number of piperidine rings is 1. The van der Waals surface area contributed by atoms with Crippen LogP contribution < -0.4 is 0 Å². The van der Waals surface area contributed by atoms with Crippen LogP contribution in [0.5, 0.6) is 0 Å². The third kappa shape index (κ3) is 8.81. The number of nitro groups is 1. The van der Waals surface area contributed by atoms with Crippen molar-refractivity contribution >= 4 is 17.9 Å². The molecule has 4 rings (SSSR count). The number of non-ortho nitro benzene ring substituents is 1. The molecule has 3 unspecified atom stereocenters. The lowest BCUT2D eigenvalue weighted by Crippen LogP contribution is -2.48. The summed E-state index contributed by atoms with van der Waals surface area (Å²) in [5.74, 6) is 0.732. The summed E-state index contributed by atoms with van der Waals surface area (Å²) in [5.41, 5.74) is 1.46. The molecule has 44 heavy (non-hydrogen) atoms. The summed E-state index contributed by atoms with van der Waals surface area (Å²) in [7, 11) is 1.85. The van der Waals surface area contributed by atoms with E-state index >= 15 is 0 Å². The van der Waals surface area contributed by atoms with Gasteiger partial charge in [0, 0.05) is 57.4 Å². The lowest BCUT2D eigenvalue weighted by molar-refractivity contribution is -0.384. The molecule has 3 atom stereocenters. The Kier molecular flexibility index (Phi) is 11.0. The molecule has 0 N–H and O–H groups in total. The molecular formula is C34H46N4O6. The molecule has 1 heterocycles. The Morgan fingerprint density at radius 3 is 2.27 bits per heavy atom. The minimum absolute atomic E-state index is 0.00149. The fraction of sp³-hybridized carbons (Fsp3) is 0.529. The van der Waals surface area contributed by atoms with Crippen LogP contribution in [0.25, 0.3) is 0 Å². The van der Waals surface area contributed by atoms with Crippen molar-refractivity contribution in [3.8, 4) is 0 Å². The molecule has 10 heteroatoms. The maximum Gasteiger partial charge on any atom is 0.410 e. The van der Waals surface area contributed by atoms with Crippen molar-refractivity contribution in [2.24, 2.45) is 5.92 Å². The number of nitro benzene ring substituents is 1. The lowest BCUT2D eigenvalue weighted by atomic mass is 9.88. The van der Waals surface area contributed by atoms with Crippen molar-refractivity contribution in [1.29, 1.82) is 0 Å². The number of ether oxygens (including phenoxy) is 2. The smallest absolute Gasteiger partial charge is 0.410 e. The van der Waals surface area contributed by atoms with E-state index in [0.717, 1.165) is 45.3 Å². The van der Waals surface area contributed by atoms with Gasteiger partial charge in [0.25, 0.3) is 5.69 Å². The summed E-state index contributed by atoms with van der Waals surface area (Å²) in [6.45, 7) is 12.6. The van der Waals surface area contributed by atoms with Gasteiger partial charge in [0.15, 0.2) is 0 Å². The quantitative estimate of drug-likeness (QED) is 0.170. The summed E-state index contributed by atoms with van der Waals surface area (Å²) in [5, 5.41) is 10.9. The van der Waals surface area contributed by atoms with Gasteiger partial charge in [-0.25, -0.2) is 9.59 Å². The standard InChI is InChI=1S/C34H46N4O6/c1-6-18-37(33(40)43-24-25-12-14-29(15-13-25)38(41)42)28-16-19-36(20-17-28)23-27-21-30(35(5)32(39)44-34(2,3)4)22-31(27)26-10-8-7-9-11-26/h6-15,27-28,30-31H,1,16-24H2,2-5H3. The summed E-state index contributed by atoms with van der Waals surface area (Å²) >= 11 is 0. The molecule has 0 bridgehead atoms. The topological polar surface area (TPSA) is 105 Å². The van der Waals surface area contributed by atoms with Gasteiger partial charge >= 0.3 is 12.2 Å². The number of hydrogen-bond acceptors (Lipinski definition) is 7. The van der Waals surface area contributed by atoms with Crippen LogP contribution in [0, 0.1) is 16.0 Å². The molecule has 2 aliphatic rings. The van der Waals surface area contributed by atoms with Gasteiger partial charge in [0.1, 0.15) is 12.2 Å². The minimum Gasteiger partial charge on any atom is -0.445 e. The van der Waals surface area contributed by atoms with E-state index in [9.17, 15) is 19.7 Å². The second kappa shape index (κ2) is 14.7. The number of hydrogen-bond donors (Lipinski definition) is 0. The van der Waals surface area contributed by atoms with Crippen molar-refractivity contribution in [3.05, 3.63) is 88.5 Å². The average Bonchev–Trinajstić information content (AvgIpc) is 3.42.